The molecule has 51 heavy (non-hydrogen) atoms. The van der Waals surface area contributed by atoms with Crippen molar-refractivity contribution >= 4 is 46.6 Å². The highest BCUT2D eigenvalue weighted by Crippen LogP contribution is 2.60. The summed E-state index contributed by atoms with van der Waals surface area (Å²) in [5, 5.41) is 18.6. The number of nitrogens with zero attached hydrogens (tertiary/aromatic N) is 2. The molecule has 268 valence electrons. The van der Waals surface area contributed by atoms with Gasteiger partial charge in [-0.15, -0.1) is 0 Å². The number of aromatic nitrogens is 1. The fourth-order valence-corrected chi connectivity index (χ4v) is 10.1. The minimum atomic E-state index is -2.83. The molecule has 0 unspecified atom stereocenters. The Bertz CT molecular complexity index is 2120. The summed E-state index contributed by atoms with van der Waals surface area (Å²) in [5.41, 5.74) is 1.51. The van der Waals surface area contributed by atoms with Crippen molar-refractivity contribution in [3.63, 3.8) is 0 Å². The summed E-state index contributed by atoms with van der Waals surface area (Å²) in [6.45, 7) is 12.5. The van der Waals surface area contributed by atoms with Crippen molar-refractivity contribution in [1.82, 2.24) is 10.1 Å². The van der Waals surface area contributed by atoms with E-state index < -0.39 is 37.6 Å². The average Bonchev–Trinajstić information content (AvgIpc) is 3.48. The van der Waals surface area contributed by atoms with Crippen molar-refractivity contribution in [3.8, 4) is 11.6 Å². The zero-order valence-electron chi connectivity index (χ0n) is 30.6. The summed E-state index contributed by atoms with van der Waals surface area (Å²) < 4.78 is 26.4. The second kappa shape index (κ2) is 12.4. The molecule has 0 aliphatic heterocycles. The molecule has 0 saturated heterocycles. The SMILES string of the molecule is COc1c2c(c(C)c3cc(Br)ccc13)C(=O)C1=C(O)[C@]3(O[Si](C)(C)C(C)(C)C)C(=O)c4c(OCc5ccccc5)noc4[C@@H](N(C)C)[C@@H]3C[C@@H]1C2. The number of ether oxygens (including phenoxy) is 2. The Hall–Kier alpha value is -3.77. The predicted molar refractivity (Wildman–Crippen MR) is 201 cm³/mol. The van der Waals surface area contributed by atoms with E-state index in [2.05, 4.69) is 55.0 Å². The number of carbonyl (C=O) groups excluding carboxylic acids is 2. The molecule has 0 fully saturated rings. The van der Waals surface area contributed by atoms with Crippen molar-refractivity contribution in [2.75, 3.05) is 21.2 Å². The highest BCUT2D eigenvalue weighted by molar-refractivity contribution is 9.10. The van der Waals surface area contributed by atoms with E-state index in [0.29, 0.717) is 29.9 Å². The largest absolute Gasteiger partial charge is 0.508 e. The van der Waals surface area contributed by atoms with Gasteiger partial charge in [-0.25, -0.2) is 0 Å². The van der Waals surface area contributed by atoms with Gasteiger partial charge in [0.25, 0.3) is 5.88 Å². The Labute approximate surface area is 308 Å². The average molecular weight is 774 g/mol. The number of benzene rings is 3. The van der Waals surface area contributed by atoms with E-state index in [1.54, 1.807) is 7.11 Å². The van der Waals surface area contributed by atoms with Gasteiger partial charge in [0.15, 0.2) is 25.5 Å². The molecular weight excluding hydrogens is 728 g/mol. The van der Waals surface area contributed by atoms with Crippen LogP contribution in [0.3, 0.4) is 0 Å². The molecule has 3 aromatic carbocycles. The molecule has 7 rings (SSSR count). The van der Waals surface area contributed by atoms with Gasteiger partial charge in [-0.3, -0.25) is 14.5 Å². The van der Waals surface area contributed by atoms with Crippen molar-refractivity contribution in [3.05, 3.63) is 97.9 Å². The standard InChI is InChI=1S/C40H45BrN2O7Si/c1-21-26-19-24(41)15-16-25(26)34(47-7)27-17-23-18-28-32(43(5)6)35-31(38(42-49-35)48-20-22-13-11-10-12-14-22)37(46)40(28,50-51(8,9)39(2,3)4)36(45)30(23)33(44)29(21)27/h10-16,19,23,28,32,45H,17-18,20H2,1-9H3/t23-,28-,32-,40-/m0/s1. The fourth-order valence-electron chi connectivity index (χ4n) is 8.25. The van der Waals surface area contributed by atoms with Crippen molar-refractivity contribution in [2.45, 2.75) is 76.9 Å². The molecule has 9 nitrogen and oxygen atoms in total. The van der Waals surface area contributed by atoms with Gasteiger partial charge < -0.3 is 23.5 Å². The van der Waals surface area contributed by atoms with Gasteiger partial charge in [0.1, 0.15) is 23.7 Å². The molecule has 11 heteroatoms. The number of allylic oxidation sites excluding steroid dienone is 1. The Morgan fingerprint density at radius 1 is 1.08 bits per heavy atom. The van der Waals surface area contributed by atoms with Crippen LogP contribution >= 0.6 is 15.9 Å². The molecular formula is C40H45BrN2O7Si. The third kappa shape index (κ3) is 5.33. The van der Waals surface area contributed by atoms with Crippen LogP contribution < -0.4 is 9.47 Å². The van der Waals surface area contributed by atoms with E-state index in [1.165, 1.54) is 0 Å². The molecule has 1 aromatic heterocycles. The number of fused-ring (bicyclic) bond motifs is 5. The lowest BCUT2D eigenvalue weighted by atomic mass is 9.58. The van der Waals surface area contributed by atoms with Crippen LogP contribution in [0.4, 0.5) is 0 Å². The molecule has 4 atom stereocenters. The molecule has 1 heterocycles. The molecule has 0 amide bonds. The van der Waals surface area contributed by atoms with Gasteiger partial charge in [-0.1, -0.05) is 67.0 Å². The van der Waals surface area contributed by atoms with Gasteiger partial charge in [-0.2, -0.15) is 0 Å². The number of carbonyl (C=O) groups is 2. The first-order valence-electron chi connectivity index (χ1n) is 17.4. The molecule has 0 radical (unpaired) electrons. The molecule has 3 aliphatic rings. The Balaban J connectivity index is 1.47. The van der Waals surface area contributed by atoms with Crippen LogP contribution in [-0.2, 0) is 17.5 Å². The topological polar surface area (TPSA) is 111 Å². The molecule has 4 aromatic rings. The van der Waals surface area contributed by atoms with Crippen LogP contribution in [0.2, 0.25) is 18.1 Å². The second-order valence-electron chi connectivity index (χ2n) is 15.9. The van der Waals surface area contributed by atoms with Crippen molar-refractivity contribution < 1.29 is 33.1 Å². The van der Waals surface area contributed by atoms with Gasteiger partial charge in [0, 0.05) is 32.5 Å². The number of hydrogen-bond donors (Lipinski definition) is 1. The van der Waals surface area contributed by atoms with Gasteiger partial charge in [0.2, 0.25) is 5.78 Å². The van der Waals surface area contributed by atoms with Gasteiger partial charge in [-0.05, 0) is 97.8 Å². The Kier molecular flexibility index (Phi) is 8.68. The van der Waals surface area contributed by atoms with Crippen LogP contribution in [0.1, 0.15) is 76.4 Å². The zero-order chi connectivity index (χ0) is 36.8. The Morgan fingerprint density at radius 3 is 2.43 bits per heavy atom. The number of ketones is 2. The maximum atomic E-state index is 15.4. The smallest absolute Gasteiger partial charge is 0.265 e. The van der Waals surface area contributed by atoms with Crippen LogP contribution in [0.5, 0.6) is 11.6 Å². The van der Waals surface area contributed by atoms with Crippen LogP contribution in [0.25, 0.3) is 10.8 Å². The lowest BCUT2D eigenvalue weighted by Gasteiger charge is -2.55. The number of Topliss-reactive ketones (excluding diaryl/α,β-unsaturated/α-hetero) is 2. The number of rotatable bonds is 7. The number of aliphatic hydroxyl groups excluding tert-OH is 1. The number of aryl methyl sites for hydroxylation is 1. The van der Waals surface area contributed by atoms with E-state index in [9.17, 15) is 9.90 Å². The maximum Gasteiger partial charge on any atom is 0.265 e. The predicted octanol–water partition coefficient (Wildman–Crippen LogP) is 8.93. The first-order chi connectivity index (χ1) is 24.0. The van der Waals surface area contributed by atoms with Crippen LogP contribution in [0, 0.1) is 18.8 Å². The van der Waals surface area contributed by atoms with E-state index in [1.807, 2.05) is 74.4 Å². The number of aliphatic hydroxyl groups is 1. The quantitative estimate of drug-likeness (QED) is 0.184. The second-order valence-corrected chi connectivity index (χ2v) is 21.5. The summed E-state index contributed by atoms with van der Waals surface area (Å²) in [5.74, 6) is -1.05. The molecule has 0 spiro atoms. The Morgan fingerprint density at radius 2 is 1.78 bits per heavy atom. The minimum absolute atomic E-state index is 0.0419. The normalized spacial score (nSPS) is 23.2. The summed E-state index contributed by atoms with van der Waals surface area (Å²) in [7, 11) is 2.64. The maximum absolute atomic E-state index is 15.4. The first kappa shape index (κ1) is 35.6. The third-order valence-corrected chi connectivity index (χ3v) is 16.6. The molecule has 0 bridgehead atoms. The lowest BCUT2D eigenvalue weighted by molar-refractivity contribution is -0.0480. The van der Waals surface area contributed by atoms with E-state index in [4.69, 9.17) is 18.4 Å². The highest BCUT2D eigenvalue weighted by atomic mass is 79.9. The van der Waals surface area contributed by atoms with Crippen LogP contribution in [-0.4, -0.2) is 61.9 Å². The van der Waals surface area contributed by atoms with E-state index in [-0.39, 0.29) is 40.2 Å². The summed E-state index contributed by atoms with van der Waals surface area (Å²) >= 11 is 3.59. The number of methoxy groups -OCH3 is 1. The fraction of sp³-hybridized carbons (Fsp3) is 0.425. The van der Waals surface area contributed by atoms with Crippen LogP contribution in [0.15, 0.2) is 68.9 Å². The highest BCUT2D eigenvalue weighted by Gasteiger charge is 2.67. The lowest BCUT2D eigenvalue weighted by Crippen LogP contribution is -2.65. The molecule has 0 saturated carbocycles. The summed E-state index contributed by atoms with van der Waals surface area (Å²) in [6, 6.07) is 15.0. The number of halogens is 1. The third-order valence-electron chi connectivity index (χ3n) is 11.7. The monoisotopic (exact) mass is 772 g/mol. The number of hydrogen-bond acceptors (Lipinski definition) is 9. The molecule has 3 aliphatic carbocycles. The zero-order valence-corrected chi connectivity index (χ0v) is 33.2. The summed E-state index contributed by atoms with van der Waals surface area (Å²) in [6.07, 6.45) is 0.834. The van der Waals surface area contributed by atoms with Gasteiger partial charge in [0.05, 0.1) is 13.2 Å². The van der Waals surface area contributed by atoms with Gasteiger partial charge >= 0.3 is 0 Å². The van der Waals surface area contributed by atoms with E-state index in [0.717, 1.165) is 31.9 Å². The molecule has 1 N–H and O–H groups in total. The summed E-state index contributed by atoms with van der Waals surface area (Å²) in [4.78, 5) is 32.4. The van der Waals surface area contributed by atoms with E-state index >= 15 is 4.79 Å². The van der Waals surface area contributed by atoms with Crippen molar-refractivity contribution in [2.24, 2.45) is 11.8 Å². The first-order valence-corrected chi connectivity index (χ1v) is 21.1. The van der Waals surface area contributed by atoms with Crippen molar-refractivity contribution in [1.29, 1.82) is 0 Å². The minimum Gasteiger partial charge on any atom is -0.508 e.